The van der Waals surface area contributed by atoms with E-state index in [1.807, 2.05) is 24.3 Å². The van der Waals surface area contributed by atoms with E-state index in [1.54, 1.807) is 0 Å². The maximum atomic E-state index is 5.07. The van der Waals surface area contributed by atoms with Crippen LogP contribution >= 0.6 is 0 Å². The molecule has 1 aromatic heterocycles. The lowest BCUT2D eigenvalue weighted by atomic mass is 9.88. The highest BCUT2D eigenvalue weighted by molar-refractivity contribution is 6.15. The molecule has 2 heteroatoms. The van der Waals surface area contributed by atoms with Crippen LogP contribution in [0.3, 0.4) is 0 Å². The van der Waals surface area contributed by atoms with Crippen molar-refractivity contribution in [3.8, 4) is 89.5 Å². The molecule has 1 aliphatic rings. The minimum Gasteiger partial charge on any atom is -0.228 e. The summed E-state index contributed by atoms with van der Waals surface area (Å²) in [5.74, 6) is 0.716. The molecule has 0 saturated heterocycles. The highest BCUT2D eigenvalue weighted by Gasteiger charge is 2.21. The van der Waals surface area contributed by atoms with Gasteiger partial charge in [-0.1, -0.05) is 194 Å². The smallest absolute Gasteiger partial charge is 0.160 e. The van der Waals surface area contributed by atoms with Crippen LogP contribution in [0.15, 0.2) is 206 Å². The van der Waals surface area contributed by atoms with Gasteiger partial charge in [-0.25, -0.2) is 9.97 Å². The van der Waals surface area contributed by atoms with Crippen molar-refractivity contribution in [3.05, 3.63) is 206 Å². The Morgan fingerprint density at radius 1 is 0.268 bits per heavy atom. The predicted molar refractivity (Wildman–Crippen MR) is 234 cm³/mol. The van der Waals surface area contributed by atoms with Crippen LogP contribution < -0.4 is 0 Å². The lowest BCUT2D eigenvalue weighted by Crippen LogP contribution is -1.96. The molecule has 0 unspecified atom stereocenters. The summed E-state index contributed by atoms with van der Waals surface area (Å²) in [5, 5.41) is 5.12. The van der Waals surface area contributed by atoms with Gasteiger partial charge in [-0.15, -0.1) is 0 Å². The van der Waals surface area contributed by atoms with Crippen LogP contribution in [-0.2, 0) is 0 Å². The molecule has 0 saturated carbocycles. The van der Waals surface area contributed by atoms with E-state index in [0.717, 1.165) is 33.6 Å². The number of rotatable bonds is 6. The van der Waals surface area contributed by atoms with Gasteiger partial charge >= 0.3 is 0 Å². The standard InChI is InChI=1S/C54H34N2/c1-3-12-38(13-4-1)50-34-51(56-54(55-50)42-14-5-2-6-15-42)39-25-23-37(24-26-39)45-31-29-36-11-7-8-18-44(36)52(45)41-27-21-35(22-28-41)43-30-32-46-47-19-9-16-40-17-10-20-48(53(40)47)49(46)33-43/h1-34H. The number of hydrogen-bond acceptors (Lipinski definition) is 2. The Morgan fingerprint density at radius 3 is 1.54 bits per heavy atom. The molecule has 2 nitrogen and oxygen atoms in total. The second-order valence-corrected chi connectivity index (χ2v) is 14.5. The first-order chi connectivity index (χ1) is 27.7. The molecule has 0 bridgehead atoms. The molecule has 11 rings (SSSR count). The molecule has 10 aromatic rings. The van der Waals surface area contributed by atoms with Gasteiger partial charge in [-0.3, -0.25) is 0 Å². The molecule has 1 heterocycles. The van der Waals surface area contributed by atoms with Crippen molar-refractivity contribution in [2.45, 2.75) is 0 Å². The molecule has 0 spiro atoms. The zero-order valence-corrected chi connectivity index (χ0v) is 30.5. The van der Waals surface area contributed by atoms with E-state index in [1.165, 1.54) is 71.6 Å². The molecule has 0 atom stereocenters. The van der Waals surface area contributed by atoms with Gasteiger partial charge in [0.1, 0.15) is 0 Å². The number of fused-ring (bicyclic) bond motifs is 4. The fourth-order valence-electron chi connectivity index (χ4n) is 8.51. The number of benzene rings is 9. The molecular formula is C54H34N2. The van der Waals surface area contributed by atoms with E-state index >= 15 is 0 Å². The molecule has 0 fully saturated rings. The monoisotopic (exact) mass is 710 g/mol. The molecule has 0 N–H and O–H groups in total. The van der Waals surface area contributed by atoms with Crippen molar-refractivity contribution in [2.24, 2.45) is 0 Å². The minimum atomic E-state index is 0.716. The fourth-order valence-corrected chi connectivity index (χ4v) is 8.51. The largest absolute Gasteiger partial charge is 0.228 e. The van der Waals surface area contributed by atoms with E-state index in [0.29, 0.717) is 5.82 Å². The van der Waals surface area contributed by atoms with Crippen LogP contribution in [0.5, 0.6) is 0 Å². The summed E-state index contributed by atoms with van der Waals surface area (Å²) < 4.78 is 0. The summed E-state index contributed by atoms with van der Waals surface area (Å²) >= 11 is 0. The number of aromatic nitrogens is 2. The molecule has 1 aliphatic carbocycles. The van der Waals surface area contributed by atoms with Crippen molar-refractivity contribution in [3.63, 3.8) is 0 Å². The van der Waals surface area contributed by atoms with Crippen molar-refractivity contribution in [1.29, 1.82) is 0 Å². The zero-order chi connectivity index (χ0) is 37.0. The maximum Gasteiger partial charge on any atom is 0.160 e. The van der Waals surface area contributed by atoms with E-state index in [4.69, 9.17) is 9.97 Å². The van der Waals surface area contributed by atoms with Gasteiger partial charge in [0.2, 0.25) is 0 Å². The second-order valence-electron chi connectivity index (χ2n) is 14.5. The van der Waals surface area contributed by atoms with Crippen molar-refractivity contribution >= 4 is 21.5 Å². The highest BCUT2D eigenvalue weighted by atomic mass is 14.9. The van der Waals surface area contributed by atoms with Crippen molar-refractivity contribution in [1.82, 2.24) is 9.97 Å². The normalized spacial score (nSPS) is 11.6. The van der Waals surface area contributed by atoms with Gasteiger partial charge in [-0.2, -0.15) is 0 Å². The van der Waals surface area contributed by atoms with Crippen LogP contribution in [0.25, 0.3) is 111 Å². The Bertz CT molecular complexity index is 3030. The lowest BCUT2D eigenvalue weighted by Gasteiger charge is -2.16. The summed E-state index contributed by atoms with van der Waals surface area (Å²) in [6.45, 7) is 0. The highest BCUT2D eigenvalue weighted by Crippen LogP contribution is 2.48. The fraction of sp³-hybridized carbons (Fsp3) is 0. The molecule has 0 amide bonds. The quantitative estimate of drug-likeness (QED) is 0.172. The van der Waals surface area contributed by atoms with Crippen LogP contribution in [-0.4, -0.2) is 9.97 Å². The van der Waals surface area contributed by atoms with Gasteiger partial charge in [0.25, 0.3) is 0 Å². The summed E-state index contributed by atoms with van der Waals surface area (Å²) in [5.41, 5.74) is 17.4. The average molecular weight is 711 g/mol. The topological polar surface area (TPSA) is 25.8 Å². The van der Waals surface area contributed by atoms with E-state index in [2.05, 4.69) is 182 Å². The molecule has 0 aliphatic heterocycles. The first kappa shape index (κ1) is 32.0. The van der Waals surface area contributed by atoms with E-state index < -0.39 is 0 Å². The van der Waals surface area contributed by atoms with Crippen molar-refractivity contribution in [2.75, 3.05) is 0 Å². The van der Waals surface area contributed by atoms with Gasteiger partial charge in [0, 0.05) is 16.7 Å². The summed E-state index contributed by atoms with van der Waals surface area (Å²) in [4.78, 5) is 10.1. The Morgan fingerprint density at radius 2 is 0.804 bits per heavy atom. The molecular weight excluding hydrogens is 677 g/mol. The van der Waals surface area contributed by atoms with Gasteiger partial charge < -0.3 is 0 Å². The molecule has 0 radical (unpaired) electrons. The maximum absolute atomic E-state index is 5.07. The van der Waals surface area contributed by atoms with E-state index in [9.17, 15) is 0 Å². The van der Waals surface area contributed by atoms with Crippen LogP contribution in [0, 0.1) is 0 Å². The summed E-state index contributed by atoms with van der Waals surface area (Å²) in [6, 6.07) is 74.0. The minimum absolute atomic E-state index is 0.716. The van der Waals surface area contributed by atoms with Gasteiger partial charge in [0.15, 0.2) is 5.82 Å². The average Bonchev–Trinajstić information content (AvgIpc) is 3.60. The van der Waals surface area contributed by atoms with E-state index in [-0.39, 0.29) is 0 Å². The Hall–Kier alpha value is -7.42. The van der Waals surface area contributed by atoms with Gasteiger partial charge in [-0.05, 0) is 89.3 Å². The molecule has 56 heavy (non-hydrogen) atoms. The van der Waals surface area contributed by atoms with Crippen molar-refractivity contribution < 1.29 is 0 Å². The third-order valence-corrected chi connectivity index (χ3v) is 11.3. The predicted octanol–water partition coefficient (Wildman–Crippen LogP) is 14.4. The summed E-state index contributed by atoms with van der Waals surface area (Å²) in [7, 11) is 0. The van der Waals surface area contributed by atoms with Gasteiger partial charge in [0.05, 0.1) is 11.4 Å². The Balaban J connectivity index is 0.971. The van der Waals surface area contributed by atoms with Crippen LogP contribution in [0.4, 0.5) is 0 Å². The van der Waals surface area contributed by atoms with Crippen LogP contribution in [0.2, 0.25) is 0 Å². The summed E-state index contributed by atoms with van der Waals surface area (Å²) in [6.07, 6.45) is 0. The second kappa shape index (κ2) is 13.2. The first-order valence-electron chi connectivity index (χ1n) is 19.1. The Labute approximate surface area is 326 Å². The first-order valence-corrected chi connectivity index (χ1v) is 19.1. The van der Waals surface area contributed by atoms with Crippen LogP contribution in [0.1, 0.15) is 0 Å². The lowest BCUT2D eigenvalue weighted by molar-refractivity contribution is 1.18. The Kier molecular flexibility index (Phi) is 7.53. The molecule has 260 valence electrons. The number of nitrogens with zero attached hydrogens (tertiary/aromatic N) is 2. The third-order valence-electron chi connectivity index (χ3n) is 11.3. The SMILES string of the molecule is c1ccc(-c2cc(-c3ccc(-c4ccc5ccccc5c4-c4ccc(-c5ccc6c(c5)-c5cccc7cccc-6c57)cc4)cc3)nc(-c3ccccc3)n2)cc1. The molecule has 9 aromatic carbocycles. The third kappa shape index (κ3) is 5.42. The number of hydrogen-bond donors (Lipinski definition) is 0. The zero-order valence-electron chi connectivity index (χ0n) is 30.5.